The summed E-state index contributed by atoms with van der Waals surface area (Å²) < 4.78 is 0. The number of amides is 2. The maximum Gasteiger partial charge on any atom is 0.303 e. The highest BCUT2D eigenvalue weighted by atomic mass is 16.4. The zero-order valence-electron chi connectivity index (χ0n) is 11.7. The van der Waals surface area contributed by atoms with E-state index >= 15 is 0 Å². The topological polar surface area (TPSA) is 86.7 Å². The molecule has 0 unspecified atom stereocenters. The van der Waals surface area contributed by atoms with Crippen molar-refractivity contribution in [3.8, 4) is 0 Å². The predicted molar refractivity (Wildman–Crippen MR) is 69.5 cm³/mol. The van der Waals surface area contributed by atoms with Crippen LogP contribution in [0.5, 0.6) is 0 Å². The van der Waals surface area contributed by atoms with Gasteiger partial charge in [0.1, 0.15) is 6.04 Å². The van der Waals surface area contributed by atoms with E-state index in [1.54, 1.807) is 25.8 Å². The zero-order chi connectivity index (χ0) is 14.6. The van der Waals surface area contributed by atoms with Crippen LogP contribution >= 0.6 is 0 Å². The minimum atomic E-state index is -0.915. The van der Waals surface area contributed by atoms with E-state index in [2.05, 4.69) is 5.32 Å². The predicted octanol–water partition coefficient (Wildman–Crippen LogP) is 0.614. The molecule has 1 saturated heterocycles. The summed E-state index contributed by atoms with van der Waals surface area (Å²) in [6, 6.07) is -0.405. The maximum atomic E-state index is 12.2. The Morgan fingerprint density at radius 1 is 1.32 bits per heavy atom. The molecule has 1 fully saturated rings. The SMILES string of the molecule is CNC(=O)[C@@H]1CCCN1C(=O)CC(C)(C)CC(=O)O. The molecular formula is C13H22N2O4. The molecule has 1 aliphatic heterocycles. The minimum Gasteiger partial charge on any atom is -0.481 e. The largest absolute Gasteiger partial charge is 0.481 e. The zero-order valence-corrected chi connectivity index (χ0v) is 11.7. The van der Waals surface area contributed by atoms with Crippen molar-refractivity contribution in [1.29, 1.82) is 0 Å². The van der Waals surface area contributed by atoms with Crippen LogP contribution in [0.3, 0.4) is 0 Å². The van der Waals surface area contributed by atoms with Crippen LogP contribution in [-0.2, 0) is 14.4 Å². The number of carbonyl (C=O) groups excluding carboxylic acids is 2. The minimum absolute atomic E-state index is 0.0583. The van der Waals surface area contributed by atoms with Crippen molar-refractivity contribution in [2.24, 2.45) is 5.41 Å². The molecular weight excluding hydrogens is 248 g/mol. The highest BCUT2D eigenvalue weighted by Gasteiger charge is 2.36. The van der Waals surface area contributed by atoms with E-state index in [4.69, 9.17) is 5.11 Å². The van der Waals surface area contributed by atoms with Crippen molar-refractivity contribution in [3.63, 3.8) is 0 Å². The number of hydrogen-bond acceptors (Lipinski definition) is 3. The van der Waals surface area contributed by atoms with Crippen molar-refractivity contribution in [2.45, 2.75) is 45.6 Å². The van der Waals surface area contributed by atoms with Gasteiger partial charge in [-0.15, -0.1) is 0 Å². The lowest BCUT2D eigenvalue weighted by atomic mass is 9.85. The molecule has 0 aromatic carbocycles. The summed E-state index contributed by atoms with van der Waals surface area (Å²) in [6.07, 6.45) is 1.57. The van der Waals surface area contributed by atoms with Crippen molar-refractivity contribution < 1.29 is 19.5 Å². The van der Waals surface area contributed by atoms with Gasteiger partial charge in [0.05, 0.1) is 6.42 Å². The van der Waals surface area contributed by atoms with Gasteiger partial charge in [-0.05, 0) is 18.3 Å². The third-order valence-corrected chi connectivity index (χ3v) is 3.38. The molecule has 1 aliphatic rings. The summed E-state index contributed by atoms with van der Waals surface area (Å²) in [5, 5.41) is 11.4. The number of aliphatic carboxylic acids is 1. The molecule has 0 aromatic rings. The van der Waals surface area contributed by atoms with Gasteiger partial charge in [-0.2, -0.15) is 0 Å². The van der Waals surface area contributed by atoms with E-state index in [0.717, 1.165) is 6.42 Å². The van der Waals surface area contributed by atoms with Gasteiger partial charge in [0.2, 0.25) is 11.8 Å². The molecule has 1 heterocycles. The highest BCUT2D eigenvalue weighted by Crippen LogP contribution is 2.28. The fourth-order valence-corrected chi connectivity index (χ4v) is 2.49. The molecule has 0 radical (unpaired) electrons. The molecule has 6 heteroatoms. The molecule has 0 aromatic heterocycles. The average Bonchev–Trinajstić information content (AvgIpc) is 2.74. The quantitative estimate of drug-likeness (QED) is 0.766. The maximum absolute atomic E-state index is 12.2. The number of hydrogen-bond donors (Lipinski definition) is 2. The van der Waals surface area contributed by atoms with Crippen molar-refractivity contribution in [3.05, 3.63) is 0 Å². The smallest absolute Gasteiger partial charge is 0.303 e. The van der Waals surface area contributed by atoms with Gasteiger partial charge < -0.3 is 15.3 Å². The van der Waals surface area contributed by atoms with Crippen LogP contribution in [0.4, 0.5) is 0 Å². The van der Waals surface area contributed by atoms with Gasteiger partial charge in [-0.3, -0.25) is 14.4 Å². The fourth-order valence-electron chi connectivity index (χ4n) is 2.49. The van der Waals surface area contributed by atoms with Crippen LogP contribution in [0, 0.1) is 5.41 Å². The monoisotopic (exact) mass is 270 g/mol. The van der Waals surface area contributed by atoms with Crippen molar-refractivity contribution in [1.82, 2.24) is 10.2 Å². The van der Waals surface area contributed by atoms with Gasteiger partial charge >= 0.3 is 5.97 Å². The standard InChI is InChI=1S/C13H22N2O4/c1-13(2,8-11(17)18)7-10(16)15-6-4-5-9(15)12(19)14-3/h9H,4-8H2,1-3H3,(H,14,19)(H,17,18)/t9-/m0/s1. The van der Waals surface area contributed by atoms with E-state index in [9.17, 15) is 14.4 Å². The molecule has 2 amide bonds. The van der Waals surface area contributed by atoms with Crippen LogP contribution in [0.25, 0.3) is 0 Å². The molecule has 6 nitrogen and oxygen atoms in total. The Hall–Kier alpha value is -1.59. The summed E-state index contributed by atoms with van der Waals surface area (Å²) >= 11 is 0. The number of carboxylic acids is 1. The third kappa shape index (κ3) is 4.22. The Labute approximate surface area is 113 Å². The number of likely N-dealkylation sites (N-methyl/N-ethyl adjacent to an activating group) is 1. The lowest BCUT2D eigenvalue weighted by Gasteiger charge is -2.28. The van der Waals surface area contributed by atoms with Gasteiger partial charge in [0, 0.05) is 20.0 Å². The fraction of sp³-hybridized carbons (Fsp3) is 0.769. The molecule has 1 atom stereocenters. The molecule has 2 N–H and O–H groups in total. The van der Waals surface area contributed by atoms with E-state index in [0.29, 0.717) is 13.0 Å². The van der Waals surface area contributed by atoms with E-state index in [1.165, 1.54) is 0 Å². The average molecular weight is 270 g/mol. The first-order chi connectivity index (χ1) is 8.76. The second-order valence-electron chi connectivity index (χ2n) is 5.77. The van der Waals surface area contributed by atoms with Crippen LogP contribution in [-0.4, -0.2) is 47.4 Å². The molecule has 0 bridgehead atoms. The van der Waals surface area contributed by atoms with Crippen LogP contribution in [0.2, 0.25) is 0 Å². The van der Waals surface area contributed by atoms with Crippen molar-refractivity contribution in [2.75, 3.05) is 13.6 Å². The summed E-state index contributed by atoms with van der Waals surface area (Å²) in [4.78, 5) is 36.2. The molecule has 0 aliphatic carbocycles. The number of carboxylic acid groups (broad SMARTS) is 1. The van der Waals surface area contributed by atoms with Gasteiger partial charge in [-0.25, -0.2) is 0 Å². The van der Waals surface area contributed by atoms with Crippen LogP contribution < -0.4 is 5.32 Å². The third-order valence-electron chi connectivity index (χ3n) is 3.38. The molecule has 0 saturated carbocycles. The van der Waals surface area contributed by atoms with Gasteiger partial charge in [0.25, 0.3) is 0 Å². The summed E-state index contributed by atoms with van der Waals surface area (Å²) in [7, 11) is 1.55. The summed E-state index contributed by atoms with van der Waals surface area (Å²) in [5.41, 5.74) is -0.598. The van der Waals surface area contributed by atoms with Gasteiger partial charge in [0.15, 0.2) is 0 Å². The summed E-state index contributed by atoms with van der Waals surface area (Å²) in [6.45, 7) is 4.08. The number of rotatable bonds is 5. The Kier molecular flexibility index (Phi) is 4.91. The molecule has 108 valence electrons. The van der Waals surface area contributed by atoms with Crippen molar-refractivity contribution >= 4 is 17.8 Å². The van der Waals surface area contributed by atoms with Gasteiger partial charge in [-0.1, -0.05) is 13.8 Å². The number of likely N-dealkylation sites (tertiary alicyclic amines) is 1. The second kappa shape index (κ2) is 6.04. The first kappa shape index (κ1) is 15.5. The Morgan fingerprint density at radius 2 is 1.95 bits per heavy atom. The van der Waals surface area contributed by atoms with Crippen LogP contribution in [0.15, 0.2) is 0 Å². The second-order valence-corrected chi connectivity index (χ2v) is 5.77. The normalized spacial score (nSPS) is 19.3. The number of nitrogens with one attached hydrogen (secondary N) is 1. The lowest BCUT2D eigenvalue weighted by Crippen LogP contribution is -2.46. The van der Waals surface area contributed by atoms with E-state index in [-0.39, 0.29) is 24.7 Å². The number of nitrogens with zero attached hydrogens (tertiary/aromatic N) is 1. The Balaban J connectivity index is 2.67. The summed E-state index contributed by atoms with van der Waals surface area (Å²) in [5.74, 6) is -1.21. The number of carbonyl (C=O) groups is 3. The molecule has 0 spiro atoms. The van der Waals surface area contributed by atoms with E-state index < -0.39 is 17.4 Å². The lowest BCUT2D eigenvalue weighted by molar-refractivity contribution is -0.143. The first-order valence-corrected chi connectivity index (χ1v) is 6.50. The molecule has 19 heavy (non-hydrogen) atoms. The first-order valence-electron chi connectivity index (χ1n) is 6.50. The molecule has 1 rings (SSSR count). The Morgan fingerprint density at radius 3 is 2.47 bits per heavy atom. The van der Waals surface area contributed by atoms with E-state index in [1.807, 2.05) is 0 Å². The Bertz CT molecular complexity index is 379. The highest BCUT2D eigenvalue weighted by molar-refractivity contribution is 5.88. The van der Waals surface area contributed by atoms with Crippen LogP contribution in [0.1, 0.15) is 39.5 Å².